The van der Waals surface area contributed by atoms with Gasteiger partial charge in [0.15, 0.2) is 5.69 Å². The number of aromatic nitrogens is 2. The molecule has 2 aromatic rings. The first-order valence-corrected chi connectivity index (χ1v) is 7.76. The first-order chi connectivity index (χ1) is 9.30. The van der Waals surface area contributed by atoms with Crippen molar-refractivity contribution in [3.63, 3.8) is 0 Å². The fraction of sp³-hybridized carbons (Fsp3) is 0.231. The standard InChI is InChI=1S/C13H15N3O3S/c1-10-9-12(13(17)15(2)20(3,18)19)14-16(10)11-7-5-4-6-8-11/h4-9H,1-3H3. The molecule has 0 saturated carbocycles. The smallest absolute Gasteiger partial charge is 0.266 e. The number of carbonyl (C=O) groups excluding carboxylic acids is 1. The Kier molecular flexibility index (Phi) is 3.63. The summed E-state index contributed by atoms with van der Waals surface area (Å²) in [6.07, 6.45) is 0.978. The highest BCUT2D eigenvalue weighted by molar-refractivity contribution is 7.88. The van der Waals surface area contributed by atoms with Gasteiger partial charge >= 0.3 is 0 Å². The highest BCUT2D eigenvalue weighted by atomic mass is 32.2. The van der Waals surface area contributed by atoms with Crippen molar-refractivity contribution in [3.8, 4) is 5.69 Å². The highest BCUT2D eigenvalue weighted by Crippen LogP contribution is 2.13. The van der Waals surface area contributed by atoms with E-state index in [0.29, 0.717) is 4.31 Å². The summed E-state index contributed by atoms with van der Waals surface area (Å²) >= 11 is 0. The molecular weight excluding hydrogens is 278 g/mol. The number of hydrogen-bond donors (Lipinski definition) is 0. The van der Waals surface area contributed by atoms with E-state index in [-0.39, 0.29) is 5.69 Å². The predicted molar refractivity (Wildman–Crippen MR) is 75.2 cm³/mol. The van der Waals surface area contributed by atoms with Crippen LogP contribution in [0.4, 0.5) is 0 Å². The molecule has 1 aromatic heterocycles. The van der Waals surface area contributed by atoms with Gasteiger partial charge in [0, 0.05) is 12.7 Å². The van der Waals surface area contributed by atoms with Crippen LogP contribution < -0.4 is 0 Å². The van der Waals surface area contributed by atoms with Crippen molar-refractivity contribution in [1.82, 2.24) is 14.1 Å². The molecule has 0 aliphatic carbocycles. The van der Waals surface area contributed by atoms with Crippen LogP contribution in [0.3, 0.4) is 0 Å². The van der Waals surface area contributed by atoms with Crippen molar-refractivity contribution in [2.45, 2.75) is 6.92 Å². The van der Waals surface area contributed by atoms with Crippen LogP contribution in [0.25, 0.3) is 5.69 Å². The fourth-order valence-electron chi connectivity index (χ4n) is 1.72. The third-order valence-corrected chi connectivity index (χ3v) is 4.05. The molecule has 0 radical (unpaired) electrons. The molecule has 0 spiro atoms. The minimum absolute atomic E-state index is 0.0966. The molecule has 2 rings (SSSR count). The van der Waals surface area contributed by atoms with Crippen molar-refractivity contribution in [2.24, 2.45) is 0 Å². The Morgan fingerprint density at radius 2 is 1.85 bits per heavy atom. The van der Waals surface area contributed by atoms with Gasteiger partial charge in [-0.05, 0) is 25.1 Å². The highest BCUT2D eigenvalue weighted by Gasteiger charge is 2.23. The van der Waals surface area contributed by atoms with E-state index in [0.717, 1.165) is 17.6 Å². The molecule has 0 N–H and O–H groups in total. The van der Waals surface area contributed by atoms with E-state index < -0.39 is 15.9 Å². The maximum Gasteiger partial charge on any atom is 0.287 e. The lowest BCUT2D eigenvalue weighted by atomic mass is 10.3. The third kappa shape index (κ3) is 2.72. The van der Waals surface area contributed by atoms with Gasteiger partial charge in [-0.1, -0.05) is 18.2 Å². The fourth-order valence-corrected chi connectivity index (χ4v) is 2.12. The van der Waals surface area contributed by atoms with E-state index in [1.807, 2.05) is 30.3 Å². The topological polar surface area (TPSA) is 72.3 Å². The zero-order valence-electron chi connectivity index (χ0n) is 11.4. The number of sulfonamides is 1. The summed E-state index contributed by atoms with van der Waals surface area (Å²) in [4.78, 5) is 12.1. The number of amides is 1. The van der Waals surface area contributed by atoms with Gasteiger partial charge in [-0.2, -0.15) is 5.10 Å². The number of para-hydroxylation sites is 1. The van der Waals surface area contributed by atoms with Gasteiger partial charge in [-0.3, -0.25) is 4.79 Å². The Bertz CT molecular complexity index is 735. The van der Waals surface area contributed by atoms with Crippen molar-refractivity contribution in [3.05, 3.63) is 47.8 Å². The van der Waals surface area contributed by atoms with Crippen LogP contribution in [0.15, 0.2) is 36.4 Å². The first kappa shape index (κ1) is 14.3. The van der Waals surface area contributed by atoms with Crippen LogP contribution >= 0.6 is 0 Å². The minimum Gasteiger partial charge on any atom is -0.266 e. The average Bonchev–Trinajstić information content (AvgIpc) is 2.79. The van der Waals surface area contributed by atoms with Crippen molar-refractivity contribution < 1.29 is 13.2 Å². The van der Waals surface area contributed by atoms with Gasteiger partial charge in [0.1, 0.15) is 0 Å². The quantitative estimate of drug-likeness (QED) is 0.852. The molecule has 6 nitrogen and oxygen atoms in total. The molecule has 7 heteroatoms. The van der Waals surface area contributed by atoms with E-state index in [1.165, 1.54) is 7.05 Å². The maximum absolute atomic E-state index is 12.1. The second kappa shape index (κ2) is 5.09. The molecule has 0 atom stereocenters. The molecule has 0 fully saturated rings. The Morgan fingerprint density at radius 3 is 2.40 bits per heavy atom. The Morgan fingerprint density at radius 1 is 1.25 bits per heavy atom. The third-order valence-electron chi connectivity index (χ3n) is 2.89. The van der Waals surface area contributed by atoms with Crippen molar-refractivity contribution >= 4 is 15.9 Å². The number of benzene rings is 1. The number of carbonyl (C=O) groups is 1. The SMILES string of the molecule is Cc1cc(C(=O)N(C)S(C)(=O)=O)nn1-c1ccccc1. The van der Waals surface area contributed by atoms with E-state index in [1.54, 1.807) is 17.7 Å². The number of aryl methyl sites for hydroxylation is 1. The molecule has 0 aliphatic heterocycles. The predicted octanol–water partition coefficient (Wildman–Crippen LogP) is 1.21. The van der Waals surface area contributed by atoms with Gasteiger partial charge in [0.2, 0.25) is 10.0 Å². The summed E-state index contributed by atoms with van der Waals surface area (Å²) < 4.78 is 25.0. The van der Waals surface area contributed by atoms with Crippen molar-refractivity contribution in [1.29, 1.82) is 0 Å². The number of hydrogen-bond acceptors (Lipinski definition) is 4. The van der Waals surface area contributed by atoms with Crippen LogP contribution in [0.5, 0.6) is 0 Å². The molecule has 0 saturated heterocycles. The summed E-state index contributed by atoms with van der Waals surface area (Å²) in [5.41, 5.74) is 1.66. The second-order valence-corrected chi connectivity index (χ2v) is 6.47. The normalized spacial score (nSPS) is 11.3. The molecular formula is C13H15N3O3S. The lowest BCUT2D eigenvalue weighted by molar-refractivity contribution is 0.0878. The Balaban J connectivity index is 2.40. The average molecular weight is 293 g/mol. The summed E-state index contributed by atoms with van der Waals surface area (Å²) in [5.74, 6) is -0.648. The molecule has 0 aliphatic rings. The van der Waals surface area contributed by atoms with Gasteiger partial charge in [0.05, 0.1) is 11.9 Å². The molecule has 0 bridgehead atoms. The van der Waals surface area contributed by atoms with E-state index in [9.17, 15) is 13.2 Å². The summed E-state index contributed by atoms with van der Waals surface area (Å²) in [5, 5.41) is 4.18. The molecule has 1 heterocycles. The number of rotatable bonds is 3. The molecule has 0 unspecified atom stereocenters. The zero-order chi connectivity index (χ0) is 14.9. The van der Waals surface area contributed by atoms with Crippen molar-refractivity contribution in [2.75, 3.05) is 13.3 Å². The zero-order valence-corrected chi connectivity index (χ0v) is 12.3. The van der Waals surface area contributed by atoms with Gasteiger partial charge in [-0.25, -0.2) is 17.4 Å². The van der Waals surface area contributed by atoms with Crippen LogP contribution in [-0.2, 0) is 10.0 Å². The van der Waals surface area contributed by atoms with Gasteiger partial charge < -0.3 is 0 Å². The minimum atomic E-state index is -3.58. The van der Waals surface area contributed by atoms with E-state index in [2.05, 4.69) is 5.10 Å². The number of nitrogens with zero attached hydrogens (tertiary/aromatic N) is 3. The molecule has 106 valence electrons. The Hall–Kier alpha value is -2.15. The lowest BCUT2D eigenvalue weighted by Gasteiger charge is -2.12. The summed E-state index contributed by atoms with van der Waals surface area (Å²) in [6.45, 7) is 1.80. The van der Waals surface area contributed by atoms with Crippen LogP contribution in [-0.4, -0.2) is 41.7 Å². The molecule has 20 heavy (non-hydrogen) atoms. The molecule has 1 amide bonds. The largest absolute Gasteiger partial charge is 0.287 e. The first-order valence-electron chi connectivity index (χ1n) is 5.91. The lowest BCUT2D eigenvalue weighted by Crippen LogP contribution is -2.32. The maximum atomic E-state index is 12.1. The summed E-state index contributed by atoms with van der Waals surface area (Å²) in [6, 6.07) is 10.9. The summed E-state index contributed by atoms with van der Waals surface area (Å²) in [7, 11) is -2.37. The van der Waals surface area contributed by atoms with Crippen LogP contribution in [0.1, 0.15) is 16.2 Å². The second-order valence-electron chi connectivity index (χ2n) is 4.45. The van der Waals surface area contributed by atoms with E-state index >= 15 is 0 Å². The van der Waals surface area contributed by atoms with Crippen LogP contribution in [0, 0.1) is 6.92 Å². The van der Waals surface area contributed by atoms with Gasteiger partial charge in [0.25, 0.3) is 5.91 Å². The monoisotopic (exact) mass is 293 g/mol. The Labute approximate surface area is 117 Å². The molecule has 1 aromatic carbocycles. The van der Waals surface area contributed by atoms with Gasteiger partial charge in [-0.15, -0.1) is 0 Å². The van der Waals surface area contributed by atoms with E-state index in [4.69, 9.17) is 0 Å². The van der Waals surface area contributed by atoms with Crippen LogP contribution in [0.2, 0.25) is 0 Å².